The number of nitrogens with zero attached hydrogens (tertiary/aromatic N) is 3. The number of fused-ring (bicyclic) bond motifs is 1. The Labute approximate surface area is 251 Å². The van der Waals surface area contributed by atoms with Gasteiger partial charge in [-0.05, 0) is 92.9 Å². The zero-order chi connectivity index (χ0) is 29.1. The highest BCUT2D eigenvalue weighted by atomic mass is 35.5. The summed E-state index contributed by atoms with van der Waals surface area (Å²) in [6.45, 7) is 5.21. The second-order valence-corrected chi connectivity index (χ2v) is 11.7. The lowest BCUT2D eigenvalue weighted by molar-refractivity contribution is -0.00241. The summed E-state index contributed by atoms with van der Waals surface area (Å²) in [6, 6.07) is 15.4. The molecule has 8 nitrogen and oxygen atoms in total. The molecule has 3 heterocycles. The molecule has 4 aromatic rings. The number of nitrogens with one attached hydrogen (secondary N) is 2. The van der Waals surface area contributed by atoms with Gasteiger partial charge in [0.15, 0.2) is 11.5 Å². The first-order valence-corrected chi connectivity index (χ1v) is 14.7. The minimum atomic E-state index is 0.316. The van der Waals surface area contributed by atoms with Crippen LogP contribution in [0, 0.1) is 29.6 Å². The topological polar surface area (TPSA) is 101 Å². The van der Waals surface area contributed by atoms with Crippen molar-refractivity contribution in [1.82, 2.24) is 15.3 Å². The number of halogens is 1. The standard InChI is InChI=1S/C33H34ClN5O3/c1-21-4-3-9-37-28(21)20-42-29-6-5-24(12-26(29)34)39-32-23(17-35)18-38-27-14-31(30(40-2)13-25(27)32)41-19-22-15-33(16-22)7-10-36-11-8-33/h3-6,9,12-14,18,22,36H,7-8,10-11,15-16,19-20H2,1-2H3,(H,38,39). The highest BCUT2D eigenvalue weighted by Crippen LogP contribution is 2.52. The molecule has 0 amide bonds. The Kier molecular flexibility index (Phi) is 8.05. The highest BCUT2D eigenvalue weighted by Gasteiger charge is 2.44. The van der Waals surface area contributed by atoms with Crippen molar-refractivity contribution in [3.8, 4) is 23.3 Å². The molecule has 1 aliphatic heterocycles. The first-order chi connectivity index (χ1) is 20.5. The maximum absolute atomic E-state index is 9.88. The lowest BCUT2D eigenvalue weighted by atomic mass is 9.58. The average molecular weight is 584 g/mol. The molecular weight excluding hydrogens is 550 g/mol. The van der Waals surface area contributed by atoms with Crippen molar-refractivity contribution in [2.24, 2.45) is 11.3 Å². The van der Waals surface area contributed by atoms with E-state index in [2.05, 4.69) is 26.7 Å². The molecule has 6 rings (SSSR count). The summed E-state index contributed by atoms with van der Waals surface area (Å²) in [5.74, 6) is 2.37. The summed E-state index contributed by atoms with van der Waals surface area (Å²) in [6.07, 6.45) is 8.27. The van der Waals surface area contributed by atoms with Crippen molar-refractivity contribution >= 4 is 33.9 Å². The molecule has 1 aliphatic carbocycles. The summed E-state index contributed by atoms with van der Waals surface area (Å²) in [4.78, 5) is 8.93. The smallest absolute Gasteiger partial charge is 0.163 e. The van der Waals surface area contributed by atoms with E-state index in [1.165, 1.54) is 25.7 Å². The van der Waals surface area contributed by atoms with Gasteiger partial charge in [0, 0.05) is 29.5 Å². The molecule has 216 valence electrons. The molecule has 1 saturated carbocycles. The van der Waals surface area contributed by atoms with Crippen LogP contribution in [0.3, 0.4) is 0 Å². The molecule has 2 aromatic carbocycles. The predicted octanol–water partition coefficient (Wildman–Crippen LogP) is 6.95. The third-order valence-corrected chi connectivity index (χ3v) is 8.83. The number of methoxy groups -OCH3 is 1. The number of aryl methyl sites for hydroxylation is 1. The van der Waals surface area contributed by atoms with Crippen LogP contribution in [0.25, 0.3) is 10.9 Å². The summed E-state index contributed by atoms with van der Waals surface area (Å²) < 4.78 is 17.9. The Bertz CT molecular complexity index is 1640. The summed E-state index contributed by atoms with van der Waals surface area (Å²) >= 11 is 6.58. The van der Waals surface area contributed by atoms with Gasteiger partial charge in [-0.1, -0.05) is 17.7 Å². The predicted molar refractivity (Wildman–Crippen MR) is 164 cm³/mol. The van der Waals surface area contributed by atoms with E-state index in [1.807, 2.05) is 37.3 Å². The molecule has 42 heavy (non-hydrogen) atoms. The van der Waals surface area contributed by atoms with Gasteiger partial charge in [0.2, 0.25) is 0 Å². The number of hydrogen-bond donors (Lipinski definition) is 2. The molecule has 2 aromatic heterocycles. The fraction of sp³-hybridized carbons (Fsp3) is 0.364. The van der Waals surface area contributed by atoms with Gasteiger partial charge >= 0.3 is 0 Å². The lowest BCUT2D eigenvalue weighted by Gasteiger charge is -2.50. The molecule has 1 saturated heterocycles. The van der Waals surface area contributed by atoms with Gasteiger partial charge < -0.3 is 24.8 Å². The van der Waals surface area contributed by atoms with Crippen LogP contribution in [0.15, 0.2) is 54.9 Å². The van der Waals surface area contributed by atoms with Crippen LogP contribution in [0.2, 0.25) is 5.02 Å². The summed E-state index contributed by atoms with van der Waals surface area (Å²) in [5.41, 5.74) is 4.85. The van der Waals surface area contributed by atoms with Crippen LogP contribution in [0.4, 0.5) is 11.4 Å². The van der Waals surface area contributed by atoms with E-state index < -0.39 is 0 Å². The molecule has 2 aliphatic rings. The van der Waals surface area contributed by atoms with E-state index in [1.54, 1.807) is 31.6 Å². The van der Waals surface area contributed by atoms with Crippen LogP contribution in [-0.4, -0.2) is 36.8 Å². The molecule has 2 fully saturated rings. The number of hydrogen-bond acceptors (Lipinski definition) is 8. The van der Waals surface area contributed by atoms with Crippen LogP contribution in [0.5, 0.6) is 17.2 Å². The number of rotatable bonds is 9. The first kappa shape index (κ1) is 28.1. The largest absolute Gasteiger partial charge is 0.493 e. The number of anilines is 2. The van der Waals surface area contributed by atoms with Gasteiger partial charge in [-0.15, -0.1) is 0 Å². The second kappa shape index (κ2) is 12.0. The molecule has 0 atom stereocenters. The van der Waals surface area contributed by atoms with E-state index in [-0.39, 0.29) is 0 Å². The second-order valence-electron chi connectivity index (χ2n) is 11.3. The van der Waals surface area contributed by atoms with Crippen molar-refractivity contribution in [2.75, 3.05) is 32.1 Å². The Hall–Kier alpha value is -4.06. The third-order valence-electron chi connectivity index (χ3n) is 8.54. The lowest BCUT2D eigenvalue weighted by Crippen LogP contribution is -2.46. The molecule has 0 unspecified atom stereocenters. The zero-order valence-electron chi connectivity index (χ0n) is 23.9. The average Bonchev–Trinajstić information content (AvgIpc) is 2.99. The molecule has 0 radical (unpaired) electrons. The number of ether oxygens (including phenoxy) is 3. The molecular formula is C33H34ClN5O3. The number of nitriles is 1. The molecule has 0 bridgehead atoms. The Morgan fingerprint density at radius 2 is 1.90 bits per heavy atom. The maximum Gasteiger partial charge on any atom is 0.163 e. The van der Waals surface area contributed by atoms with Gasteiger partial charge in [-0.25, -0.2) is 0 Å². The number of benzene rings is 2. The summed E-state index contributed by atoms with van der Waals surface area (Å²) in [7, 11) is 1.63. The van der Waals surface area contributed by atoms with Gasteiger partial charge in [0.1, 0.15) is 18.4 Å². The van der Waals surface area contributed by atoms with Crippen molar-refractivity contribution in [1.29, 1.82) is 5.26 Å². The third kappa shape index (κ3) is 5.80. The van der Waals surface area contributed by atoms with E-state index >= 15 is 0 Å². The first-order valence-electron chi connectivity index (χ1n) is 14.3. The summed E-state index contributed by atoms with van der Waals surface area (Å²) in [5, 5.41) is 17.9. The van der Waals surface area contributed by atoms with Crippen molar-refractivity contribution in [3.05, 3.63) is 76.7 Å². The van der Waals surface area contributed by atoms with Gasteiger partial charge in [-0.2, -0.15) is 5.26 Å². The quantitative estimate of drug-likeness (QED) is 0.218. The Morgan fingerprint density at radius 1 is 1.07 bits per heavy atom. The van der Waals surface area contributed by atoms with Gasteiger partial charge in [0.05, 0.1) is 41.2 Å². The number of pyridine rings is 2. The Balaban J connectivity index is 1.19. The van der Waals surface area contributed by atoms with E-state index in [9.17, 15) is 5.26 Å². The normalized spacial score (nSPS) is 16.0. The van der Waals surface area contributed by atoms with Crippen LogP contribution in [0.1, 0.15) is 42.5 Å². The van der Waals surface area contributed by atoms with Crippen molar-refractivity contribution in [3.63, 3.8) is 0 Å². The Morgan fingerprint density at radius 3 is 2.64 bits per heavy atom. The fourth-order valence-electron chi connectivity index (χ4n) is 6.20. The van der Waals surface area contributed by atoms with Crippen molar-refractivity contribution in [2.45, 2.75) is 39.2 Å². The fourth-order valence-corrected chi connectivity index (χ4v) is 6.44. The molecule has 2 N–H and O–H groups in total. The van der Waals surface area contributed by atoms with Gasteiger partial charge in [0.25, 0.3) is 0 Å². The van der Waals surface area contributed by atoms with Crippen LogP contribution < -0.4 is 24.8 Å². The SMILES string of the molecule is COc1cc2c(Nc3ccc(OCc4ncccc4C)c(Cl)c3)c(C#N)cnc2cc1OCC1CC2(CCNCC2)C1. The maximum atomic E-state index is 9.88. The minimum Gasteiger partial charge on any atom is -0.493 e. The minimum absolute atomic E-state index is 0.316. The van der Waals surface area contributed by atoms with Gasteiger partial charge in [-0.3, -0.25) is 9.97 Å². The molecule has 9 heteroatoms. The van der Waals surface area contributed by atoms with E-state index in [4.69, 9.17) is 25.8 Å². The number of piperidine rings is 1. The highest BCUT2D eigenvalue weighted by molar-refractivity contribution is 6.32. The van der Waals surface area contributed by atoms with E-state index in [0.717, 1.165) is 29.7 Å². The molecule has 1 spiro atoms. The van der Waals surface area contributed by atoms with Crippen LogP contribution >= 0.6 is 11.6 Å². The zero-order valence-corrected chi connectivity index (χ0v) is 24.6. The monoisotopic (exact) mass is 583 g/mol. The van der Waals surface area contributed by atoms with Crippen molar-refractivity contribution < 1.29 is 14.2 Å². The van der Waals surface area contributed by atoms with Crippen LogP contribution in [-0.2, 0) is 6.61 Å². The number of aromatic nitrogens is 2. The van der Waals surface area contributed by atoms with E-state index in [0.29, 0.717) is 69.3 Å².